The summed E-state index contributed by atoms with van der Waals surface area (Å²) in [5.41, 5.74) is 3.20. The number of hydrogen-bond acceptors (Lipinski definition) is 5. The van der Waals surface area contributed by atoms with Gasteiger partial charge in [0.05, 0.1) is 16.3 Å². The van der Waals surface area contributed by atoms with Crippen LogP contribution < -0.4 is 4.90 Å². The van der Waals surface area contributed by atoms with Crippen molar-refractivity contribution in [1.82, 2.24) is 9.88 Å². The number of piperidine rings is 1. The van der Waals surface area contributed by atoms with Crippen molar-refractivity contribution < 1.29 is 9.13 Å². The molecule has 2 atom stereocenters. The number of para-hydroxylation sites is 1. The van der Waals surface area contributed by atoms with Gasteiger partial charge < -0.3 is 14.5 Å². The van der Waals surface area contributed by atoms with Crippen LogP contribution in [0.5, 0.6) is 0 Å². The molecule has 6 heteroatoms. The van der Waals surface area contributed by atoms with E-state index in [1.807, 2.05) is 6.07 Å². The maximum atomic E-state index is 13.8. The molecule has 0 amide bonds. The summed E-state index contributed by atoms with van der Waals surface area (Å²) in [6, 6.07) is 16.7. The van der Waals surface area contributed by atoms with Crippen molar-refractivity contribution in [2.24, 2.45) is 0 Å². The Hall–Kier alpha value is -2.02. The first kappa shape index (κ1) is 19.9. The van der Waals surface area contributed by atoms with E-state index in [1.54, 1.807) is 11.3 Å². The fourth-order valence-electron chi connectivity index (χ4n) is 4.43. The summed E-state index contributed by atoms with van der Waals surface area (Å²) in [6.45, 7) is 3.36. The van der Waals surface area contributed by atoms with Crippen molar-refractivity contribution in [3.05, 3.63) is 59.1 Å². The number of alkyl halides is 1. The van der Waals surface area contributed by atoms with Crippen molar-refractivity contribution in [3.63, 3.8) is 0 Å². The lowest BCUT2D eigenvalue weighted by Crippen LogP contribution is -2.35. The van der Waals surface area contributed by atoms with Gasteiger partial charge in [0.1, 0.15) is 17.3 Å². The summed E-state index contributed by atoms with van der Waals surface area (Å²) >= 11 is 1.71. The second-order valence-electron chi connectivity index (χ2n) is 8.47. The largest absolute Gasteiger partial charge is 0.369 e. The number of aromatic nitrogens is 1. The Labute approximate surface area is 181 Å². The quantitative estimate of drug-likeness (QED) is 0.572. The molecular formula is C24H28FN3OS. The number of nitrogens with zero attached hydrogens (tertiary/aromatic N) is 3. The second-order valence-corrected chi connectivity index (χ2v) is 9.53. The molecule has 2 fully saturated rings. The molecule has 0 N–H and O–H groups in total. The highest BCUT2D eigenvalue weighted by Crippen LogP contribution is 2.36. The van der Waals surface area contributed by atoms with Crippen LogP contribution >= 0.6 is 11.3 Å². The Morgan fingerprint density at radius 2 is 1.90 bits per heavy atom. The highest BCUT2D eigenvalue weighted by molar-refractivity contribution is 7.18. The maximum Gasteiger partial charge on any atom is 0.134 e. The van der Waals surface area contributed by atoms with E-state index in [1.165, 1.54) is 4.70 Å². The summed E-state index contributed by atoms with van der Waals surface area (Å²) < 4.78 is 21.7. The number of anilines is 1. The second kappa shape index (κ2) is 8.61. The Kier molecular flexibility index (Phi) is 5.72. The zero-order valence-corrected chi connectivity index (χ0v) is 18.2. The molecule has 2 aromatic carbocycles. The van der Waals surface area contributed by atoms with Crippen molar-refractivity contribution >= 4 is 27.2 Å². The van der Waals surface area contributed by atoms with Crippen molar-refractivity contribution in [2.75, 3.05) is 38.1 Å². The van der Waals surface area contributed by atoms with Crippen LogP contribution in [-0.2, 0) is 4.74 Å². The summed E-state index contributed by atoms with van der Waals surface area (Å²) in [5, 5.41) is 0.997. The van der Waals surface area contributed by atoms with E-state index < -0.39 is 6.17 Å². The van der Waals surface area contributed by atoms with Gasteiger partial charge in [0, 0.05) is 31.9 Å². The zero-order chi connectivity index (χ0) is 20.5. The van der Waals surface area contributed by atoms with Crippen molar-refractivity contribution in [3.8, 4) is 0 Å². The number of hydrogen-bond donors (Lipinski definition) is 0. The minimum atomic E-state index is -0.732. The molecule has 2 saturated heterocycles. The summed E-state index contributed by atoms with van der Waals surface area (Å²) in [6.07, 6.45) is 1.98. The van der Waals surface area contributed by atoms with Crippen LogP contribution in [-0.4, -0.2) is 55.4 Å². The van der Waals surface area contributed by atoms with Crippen LogP contribution in [0.15, 0.2) is 48.5 Å². The minimum Gasteiger partial charge on any atom is -0.369 e. The molecule has 4 nitrogen and oxygen atoms in total. The monoisotopic (exact) mass is 425 g/mol. The molecule has 0 radical (unpaired) electrons. The molecule has 2 unspecified atom stereocenters. The van der Waals surface area contributed by atoms with Gasteiger partial charge in [-0.25, -0.2) is 9.37 Å². The van der Waals surface area contributed by atoms with E-state index in [-0.39, 0.29) is 12.2 Å². The molecule has 30 heavy (non-hydrogen) atoms. The van der Waals surface area contributed by atoms with E-state index >= 15 is 0 Å². The van der Waals surface area contributed by atoms with E-state index in [9.17, 15) is 4.39 Å². The van der Waals surface area contributed by atoms with Gasteiger partial charge in [-0.05, 0) is 56.1 Å². The third-order valence-electron chi connectivity index (χ3n) is 6.20. The number of likely N-dealkylation sites (tertiary alicyclic amines) is 1. The summed E-state index contributed by atoms with van der Waals surface area (Å²) in [7, 11) is 2.17. The number of benzene rings is 2. The van der Waals surface area contributed by atoms with E-state index in [0.717, 1.165) is 54.3 Å². The molecule has 0 aliphatic carbocycles. The SMILES string of the molecule is CN1CCC(OC(c2cccc(N3CCC(F)C3)c2)c2nc3ccccc3s2)CC1. The average molecular weight is 426 g/mol. The van der Waals surface area contributed by atoms with E-state index in [4.69, 9.17) is 9.72 Å². The molecule has 0 bridgehead atoms. The lowest BCUT2D eigenvalue weighted by Gasteiger charge is -2.31. The van der Waals surface area contributed by atoms with Crippen molar-refractivity contribution in [2.45, 2.75) is 37.6 Å². The molecule has 5 rings (SSSR count). The number of fused-ring (bicyclic) bond motifs is 1. The molecule has 0 spiro atoms. The van der Waals surface area contributed by atoms with Crippen molar-refractivity contribution in [1.29, 1.82) is 0 Å². The molecule has 1 aromatic heterocycles. The van der Waals surface area contributed by atoms with Crippen LogP contribution in [0.4, 0.5) is 10.1 Å². The first-order chi connectivity index (χ1) is 14.7. The lowest BCUT2D eigenvalue weighted by molar-refractivity contribution is -0.0234. The zero-order valence-electron chi connectivity index (χ0n) is 17.3. The fourth-order valence-corrected chi connectivity index (χ4v) is 5.46. The van der Waals surface area contributed by atoms with Gasteiger partial charge in [-0.1, -0.05) is 24.3 Å². The standard InChI is InChI=1S/C24H28FN3OS/c1-27-12-10-20(11-13-27)29-23(24-26-21-7-2-3-8-22(21)30-24)17-5-4-6-19(15-17)28-14-9-18(25)16-28/h2-8,15,18,20,23H,9-14,16H2,1H3. The van der Waals surface area contributed by atoms with Gasteiger partial charge in [0.15, 0.2) is 0 Å². The summed E-state index contributed by atoms with van der Waals surface area (Å²) in [5.74, 6) is 0. The number of rotatable bonds is 5. The van der Waals surface area contributed by atoms with Gasteiger partial charge in [-0.2, -0.15) is 0 Å². The third-order valence-corrected chi connectivity index (χ3v) is 7.28. The third kappa shape index (κ3) is 4.22. The van der Waals surface area contributed by atoms with E-state index in [0.29, 0.717) is 13.0 Å². The topological polar surface area (TPSA) is 28.6 Å². The molecule has 2 aliphatic rings. The van der Waals surface area contributed by atoms with Crippen LogP contribution in [0.2, 0.25) is 0 Å². The lowest BCUT2D eigenvalue weighted by atomic mass is 10.1. The predicted molar refractivity (Wildman–Crippen MR) is 121 cm³/mol. The molecule has 2 aliphatic heterocycles. The van der Waals surface area contributed by atoms with Crippen LogP contribution in [0.1, 0.15) is 35.9 Å². The maximum absolute atomic E-state index is 13.8. The first-order valence-electron chi connectivity index (χ1n) is 10.8. The minimum absolute atomic E-state index is 0.195. The number of thiazole rings is 1. The molecule has 3 aromatic rings. The molecule has 158 valence electrons. The predicted octanol–water partition coefficient (Wildman–Crippen LogP) is 5.04. The Balaban J connectivity index is 1.47. The van der Waals surface area contributed by atoms with Gasteiger partial charge in [-0.15, -0.1) is 11.3 Å². The number of ether oxygens (including phenoxy) is 1. The smallest absolute Gasteiger partial charge is 0.134 e. The summed E-state index contributed by atoms with van der Waals surface area (Å²) in [4.78, 5) is 9.41. The van der Waals surface area contributed by atoms with Crippen LogP contribution in [0.25, 0.3) is 10.2 Å². The van der Waals surface area contributed by atoms with Gasteiger partial charge in [0.25, 0.3) is 0 Å². The average Bonchev–Trinajstić information content (AvgIpc) is 3.39. The van der Waals surface area contributed by atoms with Gasteiger partial charge >= 0.3 is 0 Å². The molecular weight excluding hydrogens is 397 g/mol. The highest BCUT2D eigenvalue weighted by atomic mass is 32.1. The highest BCUT2D eigenvalue weighted by Gasteiger charge is 2.27. The van der Waals surface area contributed by atoms with E-state index in [2.05, 4.69) is 59.3 Å². The molecule has 0 saturated carbocycles. The van der Waals surface area contributed by atoms with Gasteiger partial charge in [-0.3, -0.25) is 0 Å². The number of halogens is 1. The van der Waals surface area contributed by atoms with Gasteiger partial charge in [0.2, 0.25) is 0 Å². The first-order valence-corrected chi connectivity index (χ1v) is 11.7. The Morgan fingerprint density at radius 1 is 1.07 bits per heavy atom. The Bertz CT molecular complexity index is 968. The van der Waals surface area contributed by atoms with Crippen LogP contribution in [0.3, 0.4) is 0 Å². The fraction of sp³-hybridized carbons (Fsp3) is 0.458. The molecule has 3 heterocycles. The van der Waals surface area contributed by atoms with Crippen LogP contribution in [0, 0.1) is 0 Å². The Morgan fingerprint density at radius 3 is 2.67 bits per heavy atom. The normalized spacial score (nSPS) is 22.1.